The van der Waals surface area contributed by atoms with E-state index in [2.05, 4.69) is 10.0 Å². The molecule has 0 spiro atoms. The van der Waals surface area contributed by atoms with Crippen LogP contribution in [0.1, 0.15) is 22.8 Å². The van der Waals surface area contributed by atoms with E-state index in [1.54, 1.807) is 48.5 Å². The number of carbonyl (C=O) groups is 1. The zero-order chi connectivity index (χ0) is 21.6. The lowest BCUT2D eigenvalue weighted by molar-refractivity contribution is 0.0950. The molecule has 2 N–H and O–H groups in total. The standard InChI is InChI=1S/C22H21FN2O4S/c1-2-29-19-10-12-20(13-11-19)30(27,28)25-18-8-5-7-16(14-18)22(26)24-15-17-6-3-4-9-21(17)23/h3-14,25H,2,15H2,1H3,(H,24,26). The largest absolute Gasteiger partial charge is 0.494 e. The number of nitrogens with one attached hydrogen (secondary N) is 2. The van der Waals surface area contributed by atoms with Crippen molar-refractivity contribution >= 4 is 21.6 Å². The third-order valence-corrected chi connectivity index (χ3v) is 5.62. The maximum absolute atomic E-state index is 13.7. The third kappa shape index (κ3) is 5.36. The second-order valence-electron chi connectivity index (χ2n) is 6.36. The van der Waals surface area contributed by atoms with Crippen molar-refractivity contribution < 1.29 is 22.3 Å². The van der Waals surface area contributed by atoms with E-state index < -0.39 is 21.7 Å². The number of hydrogen-bond acceptors (Lipinski definition) is 4. The summed E-state index contributed by atoms with van der Waals surface area (Å²) in [7, 11) is -3.84. The zero-order valence-corrected chi connectivity index (χ0v) is 17.1. The molecule has 0 saturated heterocycles. The average Bonchev–Trinajstić information content (AvgIpc) is 2.73. The second kappa shape index (κ2) is 9.41. The number of hydrogen-bond donors (Lipinski definition) is 2. The van der Waals surface area contributed by atoms with E-state index in [-0.39, 0.29) is 22.7 Å². The smallest absolute Gasteiger partial charge is 0.261 e. The summed E-state index contributed by atoms with van der Waals surface area (Å²) in [5.74, 6) is -0.278. The minimum absolute atomic E-state index is 0.0215. The van der Waals surface area contributed by atoms with Crippen LogP contribution in [0.5, 0.6) is 5.75 Å². The van der Waals surface area contributed by atoms with E-state index in [1.807, 2.05) is 6.92 Å². The van der Waals surface area contributed by atoms with Gasteiger partial charge in [-0.1, -0.05) is 24.3 Å². The SMILES string of the molecule is CCOc1ccc(S(=O)(=O)Nc2cccc(C(=O)NCc3ccccc3F)c2)cc1. The minimum Gasteiger partial charge on any atom is -0.494 e. The number of anilines is 1. The molecule has 1 amide bonds. The summed E-state index contributed by atoms with van der Waals surface area (Å²) in [6.45, 7) is 2.34. The van der Waals surface area contributed by atoms with Crippen molar-refractivity contribution in [2.24, 2.45) is 0 Å². The Morgan fingerprint density at radius 3 is 2.43 bits per heavy atom. The van der Waals surface area contributed by atoms with Gasteiger partial charge in [0.05, 0.1) is 11.5 Å². The average molecular weight is 428 g/mol. The highest BCUT2D eigenvalue weighted by Crippen LogP contribution is 2.20. The Hall–Kier alpha value is -3.39. The Balaban J connectivity index is 1.69. The Morgan fingerprint density at radius 2 is 1.73 bits per heavy atom. The molecule has 0 aromatic heterocycles. The van der Waals surface area contributed by atoms with Gasteiger partial charge in [-0.25, -0.2) is 12.8 Å². The van der Waals surface area contributed by atoms with Crippen LogP contribution in [0, 0.1) is 5.82 Å². The molecule has 0 aliphatic carbocycles. The molecule has 0 bridgehead atoms. The van der Waals surface area contributed by atoms with Crippen molar-refractivity contribution in [3.8, 4) is 5.75 Å². The molecular weight excluding hydrogens is 407 g/mol. The highest BCUT2D eigenvalue weighted by Gasteiger charge is 2.15. The molecular formula is C22H21FN2O4S. The predicted molar refractivity (Wildman–Crippen MR) is 112 cm³/mol. The number of rotatable bonds is 8. The van der Waals surface area contributed by atoms with E-state index in [1.165, 1.54) is 24.3 Å². The zero-order valence-electron chi connectivity index (χ0n) is 16.3. The quantitative estimate of drug-likeness (QED) is 0.569. The molecule has 8 heteroatoms. The summed E-state index contributed by atoms with van der Waals surface area (Å²) in [4.78, 5) is 12.5. The minimum atomic E-state index is -3.84. The van der Waals surface area contributed by atoms with Crippen LogP contribution in [-0.2, 0) is 16.6 Å². The highest BCUT2D eigenvalue weighted by atomic mass is 32.2. The first kappa shape index (κ1) is 21.3. The molecule has 0 atom stereocenters. The first-order valence-corrected chi connectivity index (χ1v) is 10.7. The monoisotopic (exact) mass is 428 g/mol. The molecule has 0 heterocycles. The van der Waals surface area contributed by atoms with Crippen LogP contribution >= 0.6 is 0 Å². The number of carbonyl (C=O) groups excluding carboxylic acids is 1. The van der Waals surface area contributed by atoms with Gasteiger partial charge < -0.3 is 10.1 Å². The fourth-order valence-electron chi connectivity index (χ4n) is 2.74. The normalized spacial score (nSPS) is 11.0. The van der Waals surface area contributed by atoms with E-state index >= 15 is 0 Å². The van der Waals surface area contributed by atoms with Gasteiger partial charge >= 0.3 is 0 Å². The lowest BCUT2D eigenvalue weighted by Gasteiger charge is -2.11. The van der Waals surface area contributed by atoms with Crippen molar-refractivity contribution in [1.82, 2.24) is 5.32 Å². The molecule has 0 unspecified atom stereocenters. The van der Waals surface area contributed by atoms with Crippen molar-refractivity contribution in [1.29, 1.82) is 0 Å². The van der Waals surface area contributed by atoms with Gasteiger partial charge in [0, 0.05) is 23.4 Å². The molecule has 6 nitrogen and oxygen atoms in total. The molecule has 30 heavy (non-hydrogen) atoms. The van der Waals surface area contributed by atoms with Crippen LogP contribution in [-0.4, -0.2) is 20.9 Å². The molecule has 156 valence electrons. The van der Waals surface area contributed by atoms with Gasteiger partial charge in [0.1, 0.15) is 11.6 Å². The van der Waals surface area contributed by atoms with Gasteiger partial charge in [-0.3, -0.25) is 9.52 Å². The Morgan fingerprint density at radius 1 is 1.00 bits per heavy atom. The highest BCUT2D eigenvalue weighted by molar-refractivity contribution is 7.92. The number of sulfonamides is 1. The number of amides is 1. The summed E-state index contributed by atoms with van der Waals surface area (Å²) < 4.78 is 46.7. The maximum atomic E-state index is 13.7. The van der Waals surface area contributed by atoms with Gasteiger partial charge in [0.25, 0.3) is 15.9 Å². The van der Waals surface area contributed by atoms with Gasteiger partial charge in [0.2, 0.25) is 0 Å². The van der Waals surface area contributed by atoms with Crippen LogP contribution in [0.3, 0.4) is 0 Å². The van der Waals surface area contributed by atoms with E-state index in [9.17, 15) is 17.6 Å². The number of ether oxygens (including phenoxy) is 1. The Labute approximate surface area is 174 Å². The Kier molecular flexibility index (Phi) is 6.68. The van der Waals surface area contributed by atoms with Crippen LogP contribution in [0.15, 0.2) is 77.7 Å². The van der Waals surface area contributed by atoms with Crippen molar-refractivity contribution in [3.05, 3.63) is 89.7 Å². The first-order chi connectivity index (χ1) is 14.4. The summed E-state index contributed by atoms with van der Waals surface area (Å²) in [5, 5.41) is 2.63. The summed E-state index contributed by atoms with van der Waals surface area (Å²) >= 11 is 0. The molecule has 3 rings (SSSR count). The van der Waals surface area contributed by atoms with E-state index in [4.69, 9.17) is 4.74 Å². The molecule has 0 fully saturated rings. The van der Waals surface area contributed by atoms with Crippen LogP contribution in [0.4, 0.5) is 10.1 Å². The predicted octanol–water partition coefficient (Wildman–Crippen LogP) is 3.96. The summed E-state index contributed by atoms with van der Waals surface area (Å²) in [6.07, 6.45) is 0. The molecule has 0 aliphatic rings. The summed E-state index contributed by atoms with van der Waals surface area (Å²) in [5.41, 5.74) is 0.846. The Bertz CT molecular complexity index is 1130. The van der Waals surface area contributed by atoms with Gasteiger partial charge in [-0.2, -0.15) is 0 Å². The van der Waals surface area contributed by atoms with Gasteiger partial charge in [-0.15, -0.1) is 0 Å². The fourth-order valence-corrected chi connectivity index (χ4v) is 3.79. The van der Waals surface area contributed by atoms with Crippen LogP contribution < -0.4 is 14.8 Å². The molecule has 3 aromatic carbocycles. The topological polar surface area (TPSA) is 84.5 Å². The second-order valence-corrected chi connectivity index (χ2v) is 8.05. The fraction of sp³-hybridized carbons (Fsp3) is 0.136. The van der Waals surface area contributed by atoms with Crippen molar-refractivity contribution in [3.63, 3.8) is 0 Å². The first-order valence-electron chi connectivity index (χ1n) is 9.26. The number of halogens is 1. The molecule has 0 radical (unpaired) electrons. The molecule has 3 aromatic rings. The van der Waals surface area contributed by atoms with Gasteiger partial charge in [0.15, 0.2) is 0 Å². The summed E-state index contributed by atoms with van der Waals surface area (Å²) in [6, 6.07) is 18.3. The number of benzene rings is 3. The van der Waals surface area contributed by atoms with E-state index in [0.29, 0.717) is 17.9 Å². The van der Waals surface area contributed by atoms with Crippen LogP contribution in [0.2, 0.25) is 0 Å². The van der Waals surface area contributed by atoms with Crippen molar-refractivity contribution in [2.75, 3.05) is 11.3 Å². The lowest BCUT2D eigenvalue weighted by atomic mass is 10.1. The lowest BCUT2D eigenvalue weighted by Crippen LogP contribution is -2.23. The van der Waals surface area contributed by atoms with Gasteiger partial charge in [-0.05, 0) is 55.5 Å². The maximum Gasteiger partial charge on any atom is 0.261 e. The molecule has 0 aliphatic heterocycles. The molecule has 0 saturated carbocycles. The van der Waals surface area contributed by atoms with Crippen LogP contribution in [0.25, 0.3) is 0 Å². The van der Waals surface area contributed by atoms with Crippen molar-refractivity contribution in [2.45, 2.75) is 18.4 Å². The third-order valence-electron chi connectivity index (χ3n) is 4.22. The van der Waals surface area contributed by atoms with E-state index in [0.717, 1.165) is 0 Å².